The number of rotatable bonds is 6. The lowest BCUT2D eigenvalue weighted by Crippen LogP contribution is -2.42. The van der Waals surface area contributed by atoms with Crippen molar-refractivity contribution in [3.05, 3.63) is 45.8 Å². The van der Waals surface area contributed by atoms with Gasteiger partial charge in [0.1, 0.15) is 22.9 Å². The van der Waals surface area contributed by atoms with E-state index in [9.17, 15) is 9.59 Å². The first-order valence-electron chi connectivity index (χ1n) is 13.5. The molecule has 208 valence electrons. The topological polar surface area (TPSA) is 148 Å². The van der Waals surface area contributed by atoms with Crippen LogP contribution in [0.2, 0.25) is 0 Å². The molecule has 5 N–H and O–H groups in total. The molecule has 3 aliphatic rings. The number of hydrogen-bond donors (Lipinski definition) is 4. The normalized spacial score (nSPS) is 20.9. The van der Waals surface area contributed by atoms with Crippen LogP contribution in [-0.2, 0) is 11.3 Å². The van der Waals surface area contributed by atoms with Crippen molar-refractivity contribution in [3.8, 4) is 11.3 Å². The number of ether oxygens (including phenoxy) is 1. The molecule has 1 aliphatic carbocycles. The Labute approximate surface area is 237 Å². The van der Waals surface area contributed by atoms with Crippen LogP contribution >= 0.6 is 22.9 Å². The van der Waals surface area contributed by atoms with Crippen molar-refractivity contribution in [3.63, 3.8) is 0 Å². The Hall–Kier alpha value is -3.52. The highest BCUT2D eigenvalue weighted by molar-refractivity contribution is 7.22. The maximum Gasteiger partial charge on any atom is 0.255 e. The Morgan fingerprint density at radius 1 is 1.12 bits per heavy atom. The van der Waals surface area contributed by atoms with Gasteiger partial charge in [-0.25, -0.2) is 4.98 Å². The monoisotopic (exact) mass is 579 g/mol. The summed E-state index contributed by atoms with van der Waals surface area (Å²) in [5.41, 5.74) is 9.41. The van der Waals surface area contributed by atoms with Crippen molar-refractivity contribution < 1.29 is 13.9 Å². The summed E-state index contributed by atoms with van der Waals surface area (Å²) in [6, 6.07) is 5.69. The number of furan rings is 1. The molecule has 0 bridgehead atoms. The minimum Gasteiger partial charge on any atom is -0.459 e. The highest BCUT2D eigenvalue weighted by Gasteiger charge is 2.28. The molecule has 2 fully saturated rings. The van der Waals surface area contributed by atoms with Crippen LogP contribution in [-0.4, -0.2) is 53.7 Å². The van der Waals surface area contributed by atoms with Gasteiger partial charge in [0, 0.05) is 43.9 Å². The second kappa shape index (κ2) is 10.5. The lowest BCUT2D eigenvalue weighted by Gasteiger charge is -2.30. The number of nitrogens with zero attached hydrogens (tertiary/aromatic N) is 3. The van der Waals surface area contributed by atoms with E-state index in [4.69, 9.17) is 19.9 Å². The number of hydrogen-bond acceptors (Lipinski definition) is 12. The van der Waals surface area contributed by atoms with Gasteiger partial charge in [0.25, 0.3) is 5.91 Å². The molecule has 4 aromatic heterocycles. The summed E-state index contributed by atoms with van der Waals surface area (Å²) in [6.07, 6.45) is 5.86. The molecule has 7 rings (SSSR count). The number of fused-ring (bicyclic) bond motifs is 2. The molecular formula is C27H29N7O4S2. The zero-order valence-corrected chi connectivity index (χ0v) is 23.3. The van der Waals surface area contributed by atoms with E-state index in [1.54, 1.807) is 12.3 Å². The summed E-state index contributed by atoms with van der Waals surface area (Å²) in [5, 5.41) is 11.4. The van der Waals surface area contributed by atoms with E-state index in [0.717, 1.165) is 64.6 Å². The zero-order valence-electron chi connectivity index (χ0n) is 21.7. The average molecular weight is 580 g/mol. The van der Waals surface area contributed by atoms with Gasteiger partial charge in [-0.2, -0.15) is 4.37 Å². The van der Waals surface area contributed by atoms with E-state index in [1.807, 2.05) is 12.1 Å². The van der Waals surface area contributed by atoms with Crippen LogP contribution in [0.3, 0.4) is 0 Å². The molecule has 0 spiro atoms. The molecule has 11 nitrogen and oxygen atoms in total. The molecular weight excluding hydrogens is 550 g/mol. The van der Waals surface area contributed by atoms with Crippen LogP contribution in [0.15, 0.2) is 33.7 Å². The van der Waals surface area contributed by atoms with E-state index in [0.29, 0.717) is 48.2 Å². The number of aromatic nitrogens is 2. The van der Waals surface area contributed by atoms with Crippen LogP contribution in [0, 0.1) is 0 Å². The fourth-order valence-electron chi connectivity index (χ4n) is 5.57. The third-order valence-electron chi connectivity index (χ3n) is 7.70. The van der Waals surface area contributed by atoms with Crippen LogP contribution in [0.1, 0.15) is 41.6 Å². The summed E-state index contributed by atoms with van der Waals surface area (Å²) in [5.74, 6) is 1.02. The minimum atomic E-state index is -0.156. The van der Waals surface area contributed by atoms with Crippen molar-refractivity contribution in [2.24, 2.45) is 5.73 Å². The van der Waals surface area contributed by atoms with Gasteiger partial charge in [-0.05, 0) is 36.0 Å². The average Bonchev–Trinajstić information content (AvgIpc) is 3.69. The molecule has 2 atom stereocenters. The molecule has 1 amide bonds. The van der Waals surface area contributed by atoms with Gasteiger partial charge < -0.3 is 35.7 Å². The first kappa shape index (κ1) is 25.4. The number of carbonyl (C=O) groups is 1. The van der Waals surface area contributed by atoms with E-state index in [1.165, 1.54) is 22.9 Å². The molecule has 1 saturated heterocycles. The molecule has 1 saturated carbocycles. The Bertz CT molecular complexity index is 1640. The molecule has 2 aliphatic heterocycles. The highest BCUT2D eigenvalue weighted by Crippen LogP contribution is 2.38. The van der Waals surface area contributed by atoms with E-state index in [-0.39, 0.29) is 23.4 Å². The molecule has 6 heterocycles. The van der Waals surface area contributed by atoms with Crippen molar-refractivity contribution in [1.82, 2.24) is 14.7 Å². The number of pyridine rings is 1. The van der Waals surface area contributed by atoms with Gasteiger partial charge in [-0.1, -0.05) is 12.8 Å². The Morgan fingerprint density at radius 3 is 2.83 bits per heavy atom. The minimum absolute atomic E-state index is 0.0771. The number of amides is 1. The first-order chi connectivity index (χ1) is 19.5. The molecule has 4 aromatic rings. The lowest BCUT2D eigenvalue weighted by atomic mass is 9.91. The summed E-state index contributed by atoms with van der Waals surface area (Å²) in [6.45, 7) is 3.21. The van der Waals surface area contributed by atoms with Gasteiger partial charge in [-0.3, -0.25) is 9.59 Å². The van der Waals surface area contributed by atoms with Crippen molar-refractivity contribution in [1.29, 1.82) is 0 Å². The van der Waals surface area contributed by atoms with E-state index >= 15 is 0 Å². The Balaban J connectivity index is 1.19. The van der Waals surface area contributed by atoms with Gasteiger partial charge in [0.05, 0.1) is 39.7 Å². The SMILES string of the molecule is N[C@@H]1CCCC[C@@H]1Nc1cc2c(c(Nc3cc(-c4coc5c(=O)cc(N6CCOCC6)sc45)ns3)n1)C(=O)NC2. The molecule has 0 unspecified atom stereocenters. The number of nitrogens with one attached hydrogen (secondary N) is 3. The predicted molar refractivity (Wildman–Crippen MR) is 157 cm³/mol. The number of morpholine rings is 1. The molecule has 40 heavy (non-hydrogen) atoms. The predicted octanol–water partition coefficient (Wildman–Crippen LogP) is 3.88. The quantitative estimate of drug-likeness (QED) is 0.265. The zero-order chi connectivity index (χ0) is 27.2. The summed E-state index contributed by atoms with van der Waals surface area (Å²) >= 11 is 2.78. The van der Waals surface area contributed by atoms with Gasteiger partial charge >= 0.3 is 0 Å². The Kier molecular flexibility index (Phi) is 6.66. The van der Waals surface area contributed by atoms with Crippen molar-refractivity contribution in [2.75, 3.05) is 41.8 Å². The molecule has 13 heteroatoms. The van der Waals surface area contributed by atoms with E-state index < -0.39 is 0 Å². The number of nitrogens with two attached hydrogens (primary N) is 1. The van der Waals surface area contributed by atoms with Crippen LogP contribution in [0.25, 0.3) is 21.5 Å². The third-order valence-corrected chi connectivity index (χ3v) is 9.60. The second-order valence-electron chi connectivity index (χ2n) is 10.3. The fourth-order valence-corrected chi connectivity index (χ4v) is 7.42. The van der Waals surface area contributed by atoms with Crippen LogP contribution in [0.5, 0.6) is 0 Å². The Morgan fingerprint density at radius 2 is 1.98 bits per heavy atom. The second-order valence-corrected chi connectivity index (χ2v) is 12.2. The van der Waals surface area contributed by atoms with Crippen molar-refractivity contribution in [2.45, 2.75) is 44.3 Å². The third kappa shape index (κ3) is 4.72. The standard InChI is InChI=1S/C27H29N7O4S2/c28-16-3-1-2-4-17(16)30-20-9-14-12-29-27(36)23(14)26(31-20)32-21-10-18(33-40-21)15-13-38-24-19(35)11-22(39-25(15)24)34-5-7-37-8-6-34/h9-11,13,16-17H,1-8,12,28H2,(H,29,36)(H2,30,31,32)/t16-,17+/m1/s1. The van der Waals surface area contributed by atoms with E-state index in [2.05, 4.69) is 25.2 Å². The maximum atomic E-state index is 12.8. The smallest absolute Gasteiger partial charge is 0.255 e. The first-order valence-corrected chi connectivity index (χ1v) is 15.1. The fraction of sp³-hybridized carbons (Fsp3) is 0.407. The summed E-state index contributed by atoms with van der Waals surface area (Å²) < 4.78 is 16.6. The van der Waals surface area contributed by atoms with Crippen LogP contribution in [0.4, 0.5) is 21.6 Å². The number of carbonyl (C=O) groups excluding carboxylic acids is 1. The van der Waals surface area contributed by atoms with Gasteiger partial charge in [0.15, 0.2) is 5.58 Å². The van der Waals surface area contributed by atoms with Gasteiger partial charge in [-0.15, -0.1) is 11.3 Å². The van der Waals surface area contributed by atoms with Crippen molar-refractivity contribution >= 4 is 60.7 Å². The molecule has 0 radical (unpaired) electrons. The summed E-state index contributed by atoms with van der Waals surface area (Å²) in [7, 11) is 0. The number of anilines is 4. The summed E-state index contributed by atoms with van der Waals surface area (Å²) in [4.78, 5) is 32.4. The maximum absolute atomic E-state index is 12.8. The molecule has 0 aromatic carbocycles. The highest BCUT2D eigenvalue weighted by atomic mass is 32.1. The van der Waals surface area contributed by atoms with Crippen LogP contribution < -0.4 is 32.0 Å². The van der Waals surface area contributed by atoms with Gasteiger partial charge in [0.2, 0.25) is 5.43 Å². The largest absolute Gasteiger partial charge is 0.459 e. The lowest BCUT2D eigenvalue weighted by molar-refractivity contribution is 0.0966.